The van der Waals surface area contributed by atoms with Crippen LogP contribution in [0.1, 0.15) is 25.6 Å². The summed E-state index contributed by atoms with van der Waals surface area (Å²) in [5.74, 6) is 2.99. The van der Waals surface area contributed by atoms with Crippen LogP contribution in [0, 0.1) is 0 Å². The van der Waals surface area contributed by atoms with Gasteiger partial charge >= 0.3 is 0 Å². The van der Waals surface area contributed by atoms with Crippen molar-refractivity contribution in [2.75, 3.05) is 27.2 Å². The number of guanidine groups is 1. The van der Waals surface area contributed by atoms with Gasteiger partial charge in [0, 0.05) is 33.6 Å². The van der Waals surface area contributed by atoms with Crippen LogP contribution in [0.15, 0.2) is 27.8 Å². The zero-order valence-electron chi connectivity index (χ0n) is 13.9. The van der Waals surface area contributed by atoms with Gasteiger partial charge < -0.3 is 14.6 Å². The Kier molecular flexibility index (Phi) is 8.67. The van der Waals surface area contributed by atoms with Crippen LogP contribution in [-0.4, -0.2) is 53.2 Å². The molecule has 0 aliphatic carbocycles. The van der Waals surface area contributed by atoms with E-state index in [4.69, 9.17) is 4.42 Å². The third kappa shape index (κ3) is 5.85. The zero-order valence-corrected chi connectivity index (χ0v) is 16.2. The predicted octanol–water partition coefficient (Wildman–Crippen LogP) is 2.53. The molecule has 0 fully saturated rings. The van der Waals surface area contributed by atoms with E-state index in [9.17, 15) is 0 Å². The molecule has 0 saturated carbocycles. The van der Waals surface area contributed by atoms with Crippen LogP contribution >= 0.6 is 24.0 Å². The third-order valence-electron chi connectivity index (χ3n) is 3.34. The molecule has 7 nitrogen and oxygen atoms in total. The van der Waals surface area contributed by atoms with E-state index in [-0.39, 0.29) is 24.0 Å². The number of rotatable bonds is 7. The van der Waals surface area contributed by atoms with E-state index in [0.29, 0.717) is 11.6 Å². The Balaban J connectivity index is 0.00000264. The summed E-state index contributed by atoms with van der Waals surface area (Å²) in [5, 5.41) is 10.4. The lowest BCUT2D eigenvalue weighted by atomic mass is 10.3. The number of furan rings is 1. The summed E-state index contributed by atoms with van der Waals surface area (Å²) in [5.41, 5.74) is 0. The molecule has 2 rings (SSSR count). The maximum absolute atomic E-state index is 5.28. The first-order valence-electron chi connectivity index (χ1n) is 7.61. The lowest BCUT2D eigenvalue weighted by Gasteiger charge is -2.21. The normalized spacial score (nSPS) is 11.2. The quantitative estimate of drug-likeness (QED) is 0.399. The number of nitrogens with one attached hydrogen (secondary N) is 2. The number of halogens is 1. The molecule has 0 saturated heterocycles. The van der Waals surface area contributed by atoms with Gasteiger partial charge in [-0.1, -0.05) is 13.3 Å². The number of hydrogen-bond acceptors (Lipinski definition) is 4. The Morgan fingerprint density at radius 3 is 2.96 bits per heavy atom. The van der Waals surface area contributed by atoms with Crippen molar-refractivity contribution in [3.05, 3.63) is 24.2 Å². The fourth-order valence-electron chi connectivity index (χ4n) is 2.10. The summed E-state index contributed by atoms with van der Waals surface area (Å²) in [4.78, 5) is 10.8. The van der Waals surface area contributed by atoms with Crippen LogP contribution in [-0.2, 0) is 6.42 Å². The van der Waals surface area contributed by atoms with Crippen LogP contribution in [0.25, 0.3) is 11.6 Å². The molecule has 0 amide bonds. The van der Waals surface area contributed by atoms with E-state index in [1.54, 1.807) is 13.3 Å². The van der Waals surface area contributed by atoms with Crippen molar-refractivity contribution >= 4 is 29.9 Å². The minimum absolute atomic E-state index is 0. The highest BCUT2D eigenvalue weighted by molar-refractivity contribution is 14.0. The van der Waals surface area contributed by atoms with Crippen molar-refractivity contribution in [2.45, 2.75) is 26.2 Å². The number of nitrogens with zero attached hydrogens (tertiary/aromatic N) is 4. The molecule has 0 aromatic carbocycles. The Bertz CT molecular complexity index is 581. The number of unbranched alkanes of at least 4 members (excludes halogenated alkanes) is 1. The summed E-state index contributed by atoms with van der Waals surface area (Å²) in [7, 11) is 3.85. The third-order valence-corrected chi connectivity index (χ3v) is 3.34. The monoisotopic (exact) mass is 432 g/mol. The summed E-state index contributed by atoms with van der Waals surface area (Å²) < 4.78 is 5.28. The second kappa shape index (κ2) is 10.2. The highest BCUT2D eigenvalue weighted by atomic mass is 127. The SMILES string of the molecule is CCCCN(C)C(=NC)NCCc1nc(-c2ccco2)n[nH]1.I. The average molecular weight is 432 g/mol. The Morgan fingerprint density at radius 1 is 1.48 bits per heavy atom. The van der Waals surface area contributed by atoms with E-state index in [1.807, 2.05) is 12.1 Å². The summed E-state index contributed by atoms with van der Waals surface area (Å²) in [6, 6.07) is 3.67. The molecule has 2 N–H and O–H groups in total. The van der Waals surface area contributed by atoms with Crippen LogP contribution in [0.4, 0.5) is 0 Å². The van der Waals surface area contributed by atoms with Crippen molar-refractivity contribution in [3.8, 4) is 11.6 Å². The van der Waals surface area contributed by atoms with Gasteiger partial charge in [-0.05, 0) is 18.6 Å². The lowest BCUT2D eigenvalue weighted by molar-refractivity contribution is 0.465. The largest absolute Gasteiger partial charge is 0.461 e. The topological polar surface area (TPSA) is 82.3 Å². The summed E-state index contributed by atoms with van der Waals surface area (Å²) in [6.45, 7) is 3.93. The van der Waals surface area contributed by atoms with Gasteiger partial charge in [-0.25, -0.2) is 4.98 Å². The van der Waals surface area contributed by atoms with Gasteiger partial charge in [0.05, 0.1) is 6.26 Å². The molecule has 0 atom stereocenters. The zero-order chi connectivity index (χ0) is 15.8. The van der Waals surface area contributed by atoms with Gasteiger partial charge in [0.2, 0.25) is 5.82 Å². The van der Waals surface area contributed by atoms with Gasteiger partial charge in [0.25, 0.3) is 0 Å². The minimum atomic E-state index is 0. The van der Waals surface area contributed by atoms with Crippen molar-refractivity contribution in [1.29, 1.82) is 0 Å². The Labute approximate surface area is 154 Å². The number of hydrogen-bond donors (Lipinski definition) is 2. The Hall–Kier alpha value is -1.58. The maximum Gasteiger partial charge on any atom is 0.216 e. The first-order chi connectivity index (χ1) is 10.7. The van der Waals surface area contributed by atoms with Gasteiger partial charge in [-0.2, -0.15) is 5.10 Å². The van der Waals surface area contributed by atoms with Crippen LogP contribution in [0.5, 0.6) is 0 Å². The molecular formula is C15H25IN6O. The standard InChI is InChI=1S/C15H24N6O.HI/c1-4-5-10-21(3)15(16-2)17-9-8-13-18-14(20-19-13)12-7-6-11-22-12;/h6-7,11H,4-5,8-10H2,1-3H3,(H,16,17)(H,18,19,20);1H. The molecule has 0 radical (unpaired) electrons. The second-order valence-corrected chi connectivity index (χ2v) is 5.08. The molecular weight excluding hydrogens is 407 g/mol. The van der Waals surface area contributed by atoms with Crippen molar-refractivity contribution in [2.24, 2.45) is 4.99 Å². The molecule has 23 heavy (non-hydrogen) atoms. The van der Waals surface area contributed by atoms with Crippen molar-refractivity contribution in [3.63, 3.8) is 0 Å². The molecule has 0 aliphatic rings. The molecule has 0 spiro atoms. The molecule has 2 aromatic heterocycles. The van der Waals surface area contributed by atoms with Gasteiger partial charge in [-0.15, -0.1) is 24.0 Å². The average Bonchev–Trinajstić information content (AvgIpc) is 3.20. The van der Waals surface area contributed by atoms with Crippen molar-refractivity contribution < 1.29 is 4.42 Å². The smallest absolute Gasteiger partial charge is 0.216 e. The first-order valence-corrected chi connectivity index (χ1v) is 7.61. The molecule has 2 aromatic rings. The fourth-order valence-corrected chi connectivity index (χ4v) is 2.10. The van der Waals surface area contributed by atoms with E-state index in [0.717, 1.165) is 37.7 Å². The predicted molar refractivity (Wildman–Crippen MR) is 102 cm³/mol. The van der Waals surface area contributed by atoms with Crippen LogP contribution in [0.2, 0.25) is 0 Å². The highest BCUT2D eigenvalue weighted by Crippen LogP contribution is 2.14. The first kappa shape index (κ1) is 19.5. The fraction of sp³-hybridized carbons (Fsp3) is 0.533. The van der Waals surface area contributed by atoms with E-state index >= 15 is 0 Å². The molecule has 0 aliphatic heterocycles. The Morgan fingerprint density at radius 2 is 2.30 bits per heavy atom. The van der Waals surface area contributed by atoms with Gasteiger partial charge in [0.1, 0.15) is 5.82 Å². The molecule has 0 unspecified atom stereocenters. The van der Waals surface area contributed by atoms with Gasteiger partial charge in [0.15, 0.2) is 11.7 Å². The van der Waals surface area contributed by atoms with E-state index < -0.39 is 0 Å². The van der Waals surface area contributed by atoms with E-state index in [1.165, 1.54) is 6.42 Å². The summed E-state index contributed by atoms with van der Waals surface area (Å²) in [6.07, 6.45) is 4.69. The van der Waals surface area contributed by atoms with Crippen molar-refractivity contribution in [1.82, 2.24) is 25.4 Å². The number of aromatic nitrogens is 3. The molecule has 2 heterocycles. The lowest BCUT2D eigenvalue weighted by Crippen LogP contribution is -2.40. The van der Waals surface area contributed by atoms with Gasteiger partial charge in [-0.3, -0.25) is 10.1 Å². The minimum Gasteiger partial charge on any atom is -0.461 e. The van der Waals surface area contributed by atoms with E-state index in [2.05, 4.69) is 44.4 Å². The number of aliphatic imine (C=N–C) groups is 1. The van der Waals surface area contributed by atoms with Crippen LogP contribution in [0.3, 0.4) is 0 Å². The maximum atomic E-state index is 5.28. The highest BCUT2D eigenvalue weighted by Gasteiger charge is 2.09. The molecule has 8 heteroatoms. The molecule has 0 bridgehead atoms. The van der Waals surface area contributed by atoms with Crippen LogP contribution < -0.4 is 5.32 Å². The number of aromatic amines is 1. The summed E-state index contributed by atoms with van der Waals surface area (Å²) >= 11 is 0. The molecule has 128 valence electrons. The number of H-pyrrole nitrogens is 1. The second-order valence-electron chi connectivity index (χ2n) is 5.08.